The second-order valence-electron chi connectivity index (χ2n) is 35.8. The lowest BCUT2D eigenvalue weighted by atomic mass is 9.48. The SMILES string of the molecule is CC(F)(F)C(=O)O.CC(F)(F)C(=O)OCCO.CC(F)(F)C(=O)n1ccnc1.O=C(OCC12CC3CC(CC(O)(C3)C1)C2)n1ccnc1.O=C(n1ccnc1)n1ccnc1.O=C(n1ccnc1)n1ccnc1.OCC12CC3CC(CC(O)(C3)C1)C2.OCCO.c1ccc([S+](c2ccccc2)c2ccccc2)cc1.c1ccc([S+](c2ccccc2)c2ccccc2)cc1.c1ccc([S+](c2ccccc2)c2ccccc2)cc1. The Bertz CT molecular complexity index is 5570. The quantitative estimate of drug-likeness (QED) is 0.0238. The molecule has 9 aromatic carbocycles. The molecule has 8 aliphatic rings. The number of carboxylic acid groups (broad SMARTS) is 1. The van der Waals surface area contributed by atoms with Gasteiger partial charge in [0, 0.05) is 107 Å². The molecule has 4 unspecified atom stereocenters. The number of ether oxygens (including phenoxy) is 2. The molecule has 7 N–H and O–H groups in total. The number of aliphatic hydroxyl groups is 6. The third-order valence-corrected chi connectivity index (χ3v) is 30.5. The smallest absolute Gasteiger partial charge is 0.419 e. The minimum absolute atomic E-state index is 0.00900. The van der Waals surface area contributed by atoms with Crippen molar-refractivity contribution in [1.82, 2.24) is 57.3 Å². The van der Waals surface area contributed by atoms with E-state index in [0.29, 0.717) is 57.7 Å². The summed E-state index contributed by atoms with van der Waals surface area (Å²) in [6, 6.07) is 96.1. The van der Waals surface area contributed by atoms with Crippen LogP contribution in [-0.2, 0) is 51.7 Å². The largest absolute Gasteiger partial charge is 0.477 e. The van der Waals surface area contributed by atoms with Crippen molar-refractivity contribution in [3.05, 3.63) is 385 Å². The van der Waals surface area contributed by atoms with Crippen molar-refractivity contribution in [3.8, 4) is 0 Å². The Balaban J connectivity index is 0.000000156. The zero-order chi connectivity index (χ0) is 105. The average Bonchev–Trinajstić information content (AvgIpc) is 0.944. The van der Waals surface area contributed by atoms with E-state index in [9.17, 15) is 70.4 Å². The van der Waals surface area contributed by atoms with Crippen molar-refractivity contribution in [2.24, 2.45) is 34.5 Å². The second kappa shape index (κ2) is 54.8. The summed E-state index contributed by atoms with van der Waals surface area (Å²) in [4.78, 5) is 99.5. The van der Waals surface area contributed by atoms with E-state index in [1.54, 1.807) is 62.0 Å². The molecular formula is C110H119F6N12O15S3+3. The molecule has 0 radical (unpaired) electrons. The summed E-state index contributed by atoms with van der Waals surface area (Å²) in [5.74, 6) is -12.7. The van der Waals surface area contributed by atoms with Gasteiger partial charge in [-0.15, -0.1) is 0 Å². The maximum atomic E-state index is 12.3. The van der Waals surface area contributed by atoms with E-state index < -0.39 is 53.4 Å². The van der Waals surface area contributed by atoms with Gasteiger partial charge in [0.1, 0.15) is 44.6 Å². The summed E-state index contributed by atoms with van der Waals surface area (Å²) in [6.07, 6.45) is 38.7. The lowest BCUT2D eigenvalue weighted by molar-refractivity contribution is -0.175. The number of nitrogens with zero attached hydrogens (tertiary/aromatic N) is 12. The monoisotopic (exact) mass is 2060 g/mol. The number of aliphatic hydroxyl groups excluding tert-OH is 4. The van der Waals surface area contributed by atoms with Crippen LogP contribution in [0.2, 0.25) is 0 Å². The zero-order valence-corrected chi connectivity index (χ0v) is 83.1. The number of carbonyl (C=O) groups is 6. The first kappa shape index (κ1) is 112. The number of halogens is 6. The Morgan fingerprint density at radius 1 is 0.329 bits per heavy atom. The van der Waals surface area contributed by atoms with E-state index in [1.807, 2.05) is 0 Å². The number of imidazole rings is 6. The number of hydrogen-bond donors (Lipinski definition) is 7. The van der Waals surface area contributed by atoms with Crippen molar-refractivity contribution in [3.63, 3.8) is 0 Å². The van der Waals surface area contributed by atoms with Crippen molar-refractivity contribution in [2.75, 3.05) is 39.6 Å². The van der Waals surface area contributed by atoms with Gasteiger partial charge in [0.15, 0.2) is 44.1 Å². The fourth-order valence-corrected chi connectivity index (χ4v) is 25.0. The molecule has 23 rings (SSSR count). The van der Waals surface area contributed by atoms with Crippen LogP contribution in [0.1, 0.15) is 103 Å². The summed E-state index contributed by atoms with van der Waals surface area (Å²) in [5.41, 5.74) is -0.772. The molecule has 146 heavy (non-hydrogen) atoms. The van der Waals surface area contributed by atoms with Crippen LogP contribution in [0.15, 0.2) is 429 Å². The van der Waals surface area contributed by atoms with E-state index in [4.69, 9.17) is 25.2 Å². The maximum absolute atomic E-state index is 12.3. The number of alkyl halides is 6. The zero-order valence-electron chi connectivity index (χ0n) is 80.7. The number of benzene rings is 9. The minimum atomic E-state index is -3.58. The fourth-order valence-electron chi connectivity index (χ4n) is 18.7. The third-order valence-electron chi connectivity index (χ3n) is 23.8. The molecule has 0 spiro atoms. The molecule has 8 bridgehead atoms. The van der Waals surface area contributed by atoms with E-state index >= 15 is 0 Å². The number of esters is 1. The molecule has 8 fully saturated rings. The van der Waals surface area contributed by atoms with E-state index in [0.717, 1.165) is 62.3 Å². The molecule has 8 saturated carbocycles. The summed E-state index contributed by atoms with van der Waals surface area (Å²) in [5, 5.41) is 61.2. The van der Waals surface area contributed by atoms with Gasteiger partial charge in [0.05, 0.1) is 70.3 Å². The normalized spacial score (nSPS) is 19.1. The predicted octanol–water partition coefficient (Wildman–Crippen LogP) is 20.1. The number of carbonyl (C=O) groups excluding carboxylic acids is 5. The Kier molecular flexibility index (Phi) is 42.2. The highest BCUT2D eigenvalue weighted by atomic mass is 32.2. The molecule has 6 heterocycles. The van der Waals surface area contributed by atoms with Gasteiger partial charge in [-0.2, -0.15) is 26.3 Å². The van der Waals surface area contributed by atoms with Gasteiger partial charge in [-0.05, 0) is 215 Å². The van der Waals surface area contributed by atoms with Crippen molar-refractivity contribution in [2.45, 2.75) is 171 Å². The molecular weight excluding hydrogens is 1940 g/mol. The van der Waals surface area contributed by atoms with Crippen molar-refractivity contribution in [1.29, 1.82) is 0 Å². The van der Waals surface area contributed by atoms with Crippen LogP contribution in [-0.4, -0.2) is 198 Å². The van der Waals surface area contributed by atoms with Gasteiger partial charge in [-0.3, -0.25) is 27.6 Å². The molecule has 6 aromatic heterocycles. The number of hydrogen-bond acceptors (Lipinski definition) is 20. The lowest BCUT2D eigenvalue weighted by Crippen LogP contribution is -2.57. The molecule has 27 nitrogen and oxygen atoms in total. The molecule has 8 aliphatic carbocycles. The average molecular weight is 2060 g/mol. The number of rotatable bonds is 18. The summed E-state index contributed by atoms with van der Waals surface area (Å²) in [6.45, 7) is 0.961. The maximum Gasteiger partial charge on any atom is 0.419 e. The van der Waals surface area contributed by atoms with Gasteiger partial charge in [-0.25, -0.2) is 58.4 Å². The van der Waals surface area contributed by atoms with Crippen molar-refractivity contribution < 1.29 is 100 Å². The lowest BCUT2D eigenvalue weighted by Gasteiger charge is -2.59. The third kappa shape index (κ3) is 34.1. The molecule has 15 aromatic rings. The first-order valence-electron chi connectivity index (χ1n) is 47.0. The van der Waals surface area contributed by atoms with E-state index in [-0.39, 0.29) is 81.5 Å². The Hall–Kier alpha value is -14.0. The predicted molar refractivity (Wildman–Crippen MR) is 541 cm³/mol. The number of carboxylic acids is 1. The molecule has 766 valence electrons. The fraction of sp³-hybridized carbons (Fsp3) is 0.291. The van der Waals surface area contributed by atoms with Gasteiger partial charge in [0.25, 0.3) is 0 Å². The molecule has 0 amide bonds. The molecule has 36 heteroatoms. The van der Waals surface area contributed by atoms with Gasteiger partial charge in [-0.1, -0.05) is 164 Å². The van der Waals surface area contributed by atoms with Crippen LogP contribution in [0.3, 0.4) is 0 Å². The van der Waals surface area contributed by atoms with Crippen LogP contribution in [0, 0.1) is 34.5 Å². The standard InChI is InChI=1S/3C18H15S.C15H20N2O3.C11H18O2.2C7H6N4O.C6H6F2N2O.C5H8F2O3.C3H4F2O2.C2H6O2/c3*1-4-10-16(11-5-1)19(17-12-6-2-7-13-17)18-14-8-3-9-15-18;18-13(17-2-1-16-10-17)20-9-14-4-11-3-12(5-14)7-15(19,6-11)8-14;12-7-10-2-8-1-9(3-10)5-11(13,4-8)6-10;2*12-7(10-3-1-8-5-10)11-4-2-9-6-11;1-6(7,8)5(11)10-3-2-9-4-10;1-5(6,7)4(9)10-3-2-8;1-3(4,5)2(6)7;3-1-2-4/h3*1-15H;1-2,10-12,19H,3-9H2;8-9,12-13H,1-7H2;2*1-6H;2-4H,1H3;8H,2-3H2,1H3;1H3,(H,6,7);3-4H,1-2H2/q3*+1;;;;;;;;. The topological polar surface area (TPSA) is 369 Å². The highest BCUT2D eigenvalue weighted by Gasteiger charge is 2.59. The Morgan fingerprint density at radius 3 is 0.760 bits per heavy atom. The minimum Gasteiger partial charge on any atom is -0.477 e. The summed E-state index contributed by atoms with van der Waals surface area (Å²) < 4.78 is 87.8. The van der Waals surface area contributed by atoms with Gasteiger partial charge in [0.2, 0.25) is 0 Å². The van der Waals surface area contributed by atoms with E-state index in [1.165, 1.54) is 137 Å². The van der Waals surface area contributed by atoms with Crippen LogP contribution >= 0.6 is 0 Å². The summed E-state index contributed by atoms with van der Waals surface area (Å²) in [7, 11) is -0.0439. The Morgan fingerprint density at radius 2 is 0.562 bits per heavy atom. The number of aromatic nitrogens is 12. The van der Waals surface area contributed by atoms with Crippen LogP contribution in [0.4, 0.5) is 40.7 Å². The number of aliphatic carboxylic acids is 1. The van der Waals surface area contributed by atoms with Crippen LogP contribution in [0.5, 0.6) is 0 Å². The Labute approximate surface area is 851 Å². The van der Waals surface area contributed by atoms with Gasteiger partial charge < -0.3 is 45.2 Å². The first-order chi connectivity index (χ1) is 70.1. The van der Waals surface area contributed by atoms with Crippen LogP contribution in [0.25, 0.3) is 0 Å². The highest BCUT2D eigenvalue weighted by Crippen LogP contribution is 2.63. The highest BCUT2D eigenvalue weighted by molar-refractivity contribution is 7.97. The molecule has 0 aliphatic heterocycles. The molecule has 4 atom stereocenters. The van der Waals surface area contributed by atoms with E-state index in [2.05, 4.69) is 308 Å². The first-order valence-corrected chi connectivity index (χ1v) is 50.6. The molecule has 0 saturated heterocycles. The second-order valence-corrected chi connectivity index (χ2v) is 41.9. The summed E-state index contributed by atoms with van der Waals surface area (Å²) >= 11 is 0. The van der Waals surface area contributed by atoms with Crippen molar-refractivity contribution >= 4 is 68.7 Å². The van der Waals surface area contributed by atoms with Gasteiger partial charge >= 0.3 is 53.8 Å². The van der Waals surface area contributed by atoms with Crippen LogP contribution < -0.4 is 0 Å².